The van der Waals surface area contributed by atoms with E-state index < -0.39 is 0 Å². The average molecular weight is 572 g/mol. The minimum absolute atomic E-state index is 0.0143. The molecule has 0 bridgehead atoms. The molecule has 3 heterocycles. The van der Waals surface area contributed by atoms with E-state index in [4.69, 9.17) is 4.42 Å². The smallest absolute Gasteiger partial charge is 0.169 e. The highest BCUT2D eigenvalue weighted by molar-refractivity contribution is 6.17. The van der Waals surface area contributed by atoms with Crippen LogP contribution in [0.2, 0.25) is 0 Å². The number of nitrogens with one attached hydrogen (secondary N) is 2. The zero-order valence-electron chi connectivity index (χ0n) is 24.0. The highest BCUT2D eigenvalue weighted by Gasteiger charge is 2.33. The van der Waals surface area contributed by atoms with Crippen LogP contribution in [-0.4, -0.2) is 4.57 Å². The molecule has 212 valence electrons. The number of hydrogen-bond donors (Lipinski definition) is 3. The Morgan fingerprint density at radius 1 is 0.477 bits per heavy atom. The van der Waals surface area contributed by atoms with Gasteiger partial charge in [0.05, 0.1) is 17.2 Å². The van der Waals surface area contributed by atoms with Gasteiger partial charge in [-0.3, -0.25) is 0 Å². The van der Waals surface area contributed by atoms with Gasteiger partial charge in [-0.1, -0.05) is 109 Å². The minimum Gasteiger partial charge on any atom is -0.456 e. The van der Waals surface area contributed by atoms with Crippen LogP contribution >= 0.6 is 0 Å². The van der Waals surface area contributed by atoms with Crippen LogP contribution in [0.3, 0.4) is 0 Å². The molecule has 8 aromatic rings. The quantitative estimate of drug-likeness (QED) is 0.202. The van der Waals surface area contributed by atoms with E-state index in [2.05, 4.69) is 154 Å². The summed E-state index contributed by atoms with van der Waals surface area (Å²) in [6, 6.07) is 51.8. The van der Waals surface area contributed by atoms with Crippen LogP contribution in [0.1, 0.15) is 35.2 Å². The van der Waals surface area contributed by atoms with Crippen LogP contribution in [0.15, 0.2) is 150 Å². The lowest BCUT2D eigenvalue weighted by Gasteiger charge is -2.36. The third kappa shape index (κ3) is 4.13. The molecule has 0 aliphatic carbocycles. The molecule has 0 saturated carbocycles. The van der Waals surface area contributed by atoms with Crippen LogP contribution < -0.4 is 16.0 Å². The SMILES string of the molecule is c1ccc(C2NC(c3ccc(-n4c5ccccc5c5cc6oc7ccccc7c6cc54)cc3)NC(c3ccccc3)[NH2+]2)cc1. The molecular weight excluding hydrogens is 540 g/mol. The molecule has 2 aromatic heterocycles. The summed E-state index contributed by atoms with van der Waals surface area (Å²) in [5, 5.41) is 14.8. The number of hydrogen-bond acceptors (Lipinski definition) is 3. The summed E-state index contributed by atoms with van der Waals surface area (Å²) >= 11 is 0. The number of para-hydroxylation sites is 2. The Morgan fingerprint density at radius 2 is 1.09 bits per heavy atom. The Balaban J connectivity index is 1.14. The van der Waals surface area contributed by atoms with Gasteiger partial charge in [0, 0.05) is 38.4 Å². The van der Waals surface area contributed by atoms with Crippen molar-refractivity contribution in [2.45, 2.75) is 18.5 Å². The van der Waals surface area contributed by atoms with Gasteiger partial charge in [-0.25, -0.2) is 10.6 Å². The van der Waals surface area contributed by atoms with Gasteiger partial charge < -0.3 is 14.3 Å². The van der Waals surface area contributed by atoms with E-state index in [0.717, 1.165) is 27.6 Å². The van der Waals surface area contributed by atoms with Crippen molar-refractivity contribution < 1.29 is 9.73 Å². The normalized spacial score (nSPS) is 18.9. The maximum Gasteiger partial charge on any atom is 0.169 e. The first-order chi connectivity index (χ1) is 21.8. The first kappa shape index (κ1) is 25.3. The molecule has 1 fully saturated rings. The van der Waals surface area contributed by atoms with Crippen molar-refractivity contribution in [3.63, 3.8) is 0 Å². The lowest BCUT2D eigenvalue weighted by Crippen LogP contribution is -2.94. The van der Waals surface area contributed by atoms with E-state index in [0.29, 0.717) is 0 Å². The number of furan rings is 1. The predicted octanol–water partition coefficient (Wildman–Crippen LogP) is 7.84. The molecule has 0 amide bonds. The Bertz CT molecular complexity index is 2220. The number of fused-ring (bicyclic) bond motifs is 6. The van der Waals surface area contributed by atoms with Crippen LogP contribution in [-0.2, 0) is 0 Å². The first-order valence-corrected chi connectivity index (χ1v) is 15.2. The Labute approximate surface area is 254 Å². The molecule has 1 aliphatic heterocycles. The van der Waals surface area contributed by atoms with Crippen molar-refractivity contribution in [1.29, 1.82) is 0 Å². The summed E-state index contributed by atoms with van der Waals surface area (Å²) in [6.07, 6.45) is 0.230. The molecule has 2 unspecified atom stereocenters. The monoisotopic (exact) mass is 571 g/mol. The molecule has 0 radical (unpaired) electrons. The van der Waals surface area contributed by atoms with Gasteiger partial charge in [0.25, 0.3) is 0 Å². The summed E-state index contributed by atoms with van der Waals surface area (Å²) < 4.78 is 8.64. The van der Waals surface area contributed by atoms with Crippen molar-refractivity contribution in [3.8, 4) is 5.69 Å². The maximum atomic E-state index is 6.26. The molecule has 1 aliphatic rings. The lowest BCUT2D eigenvalue weighted by atomic mass is 10.0. The summed E-state index contributed by atoms with van der Waals surface area (Å²) in [5.74, 6) is 0. The van der Waals surface area contributed by atoms with Gasteiger partial charge in [0.2, 0.25) is 0 Å². The fourth-order valence-electron chi connectivity index (χ4n) is 6.92. The molecule has 4 N–H and O–H groups in total. The molecule has 1 saturated heterocycles. The van der Waals surface area contributed by atoms with E-state index >= 15 is 0 Å². The molecular formula is C39H31N4O+. The lowest BCUT2D eigenvalue weighted by molar-refractivity contribution is -0.755. The van der Waals surface area contributed by atoms with Crippen LogP contribution in [0.5, 0.6) is 0 Å². The summed E-state index contributed by atoms with van der Waals surface area (Å²) in [7, 11) is 0. The number of aromatic nitrogens is 1. The van der Waals surface area contributed by atoms with Gasteiger partial charge >= 0.3 is 0 Å². The second kappa shape index (κ2) is 10.2. The average Bonchev–Trinajstić information content (AvgIpc) is 3.63. The second-order valence-corrected chi connectivity index (χ2v) is 11.6. The summed E-state index contributed by atoms with van der Waals surface area (Å²) in [5.41, 5.74) is 9.06. The second-order valence-electron chi connectivity index (χ2n) is 11.6. The zero-order valence-corrected chi connectivity index (χ0v) is 24.0. The number of benzene rings is 6. The maximum absolute atomic E-state index is 6.26. The van der Waals surface area contributed by atoms with Crippen molar-refractivity contribution in [1.82, 2.24) is 15.2 Å². The van der Waals surface area contributed by atoms with Gasteiger partial charge in [0.15, 0.2) is 12.3 Å². The highest BCUT2D eigenvalue weighted by Crippen LogP contribution is 2.38. The third-order valence-electron chi connectivity index (χ3n) is 9.05. The highest BCUT2D eigenvalue weighted by atomic mass is 16.3. The Hall–Kier alpha value is -5.20. The predicted molar refractivity (Wildman–Crippen MR) is 177 cm³/mol. The fraction of sp³-hybridized carbons (Fsp3) is 0.0769. The number of nitrogens with zero attached hydrogens (tertiary/aromatic N) is 1. The van der Waals surface area contributed by atoms with Crippen molar-refractivity contribution in [2.75, 3.05) is 0 Å². The molecule has 6 aromatic carbocycles. The number of nitrogens with two attached hydrogens (primary N) is 1. The molecule has 5 nitrogen and oxygen atoms in total. The number of quaternary nitrogens is 1. The molecule has 9 rings (SSSR count). The first-order valence-electron chi connectivity index (χ1n) is 15.2. The van der Waals surface area contributed by atoms with Gasteiger partial charge in [-0.05, 0) is 42.0 Å². The van der Waals surface area contributed by atoms with Crippen LogP contribution in [0.4, 0.5) is 0 Å². The summed E-state index contributed by atoms with van der Waals surface area (Å²) in [4.78, 5) is 0. The molecule has 2 atom stereocenters. The Morgan fingerprint density at radius 3 is 1.80 bits per heavy atom. The molecule has 0 spiro atoms. The van der Waals surface area contributed by atoms with E-state index in [1.807, 2.05) is 12.1 Å². The topological polar surface area (TPSA) is 58.7 Å². The Kier molecular flexibility index (Phi) is 5.87. The van der Waals surface area contributed by atoms with E-state index in [-0.39, 0.29) is 18.5 Å². The largest absolute Gasteiger partial charge is 0.456 e. The van der Waals surface area contributed by atoms with Gasteiger partial charge in [0.1, 0.15) is 11.2 Å². The molecule has 44 heavy (non-hydrogen) atoms. The van der Waals surface area contributed by atoms with Crippen molar-refractivity contribution >= 4 is 43.7 Å². The minimum atomic E-state index is -0.0143. The standard InChI is InChI=1S/C39H30N4O/c1-3-11-25(12-4-1)37-40-38(26-13-5-2-6-14-26)42-39(41-37)27-19-21-28(22-20-27)43-33-17-9-7-15-29(33)31-24-36-32(23-34(31)43)30-16-8-10-18-35(30)44-36/h1-24,37-42H/p+1. The zero-order chi connectivity index (χ0) is 29.0. The van der Waals surface area contributed by atoms with E-state index in [1.165, 1.54) is 38.5 Å². The fourth-order valence-corrected chi connectivity index (χ4v) is 6.92. The van der Waals surface area contributed by atoms with Crippen molar-refractivity contribution in [3.05, 3.63) is 162 Å². The van der Waals surface area contributed by atoms with Gasteiger partial charge in [-0.15, -0.1) is 0 Å². The number of rotatable bonds is 4. The molecule has 5 heteroatoms. The van der Waals surface area contributed by atoms with Crippen LogP contribution in [0.25, 0.3) is 49.4 Å². The van der Waals surface area contributed by atoms with Crippen molar-refractivity contribution in [2.24, 2.45) is 0 Å². The third-order valence-corrected chi connectivity index (χ3v) is 9.05. The van der Waals surface area contributed by atoms with E-state index in [1.54, 1.807) is 0 Å². The van der Waals surface area contributed by atoms with Gasteiger partial charge in [-0.2, -0.15) is 0 Å². The summed E-state index contributed by atoms with van der Waals surface area (Å²) in [6.45, 7) is 0. The van der Waals surface area contributed by atoms with E-state index in [9.17, 15) is 0 Å². The van der Waals surface area contributed by atoms with Crippen LogP contribution in [0, 0.1) is 0 Å².